The van der Waals surface area contributed by atoms with Gasteiger partial charge >= 0.3 is 0 Å². The third-order valence-electron chi connectivity index (χ3n) is 4.74. The zero-order valence-corrected chi connectivity index (χ0v) is 12.7. The predicted molar refractivity (Wildman–Crippen MR) is 83.9 cm³/mol. The van der Waals surface area contributed by atoms with Gasteiger partial charge in [0.15, 0.2) is 0 Å². The minimum Gasteiger partial charge on any atom is -0.375 e. The summed E-state index contributed by atoms with van der Waals surface area (Å²) in [6.45, 7) is 3.27. The van der Waals surface area contributed by atoms with E-state index in [0.29, 0.717) is 5.54 Å². The quantitative estimate of drug-likeness (QED) is 0.867. The van der Waals surface area contributed by atoms with Crippen molar-refractivity contribution in [2.24, 2.45) is 0 Å². The second-order valence-electron chi connectivity index (χ2n) is 6.10. The van der Waals surface area contributed by atoms with Crippen molar-refractivity contribution in [3.8, 4) is 0 Å². The van der Waals surface area contributed by atoms with Crippen LogP contribution in [0.4, 0.5) is 5.69 Å². The van der Waals surface area contributed by atoms with Gasteiger partial charge in [-0.25, -0.2) is 0 Å². The van der Waals surface area contributed by atoms with Crippen molar-refractivity contribution >= 4 is 5.69 Å². The van der Waals surface area contributed by atoms with Crippen LogP contribution >= 0.6 is 0 Å². The Morgan fingerprint density at radius 1 is 1.11 bits per heavy atom. The van der Waals surface area contributed by atoms with Gasteiger partial charge < -0.3 is 10.2 Å². The van der Waals surface area contributed by atoms with Crippen LogP contribution in [0.3, 0.4) is 0 Å². The van der Waals surface area contributed by atoms with Crippen LogP contribution in [0.25, 0.3) is 0 Å². The predicted octanol–water partition coefficient (Wildman–Crippen LogP) is 3.74. The molecule has 0 bridgehead atoms. The maximum Gasteiger partial charge on any atom is 0.0363 e. The minimum atomic E-state index is 0.386. The molecule has 0 amide bonds. The highest BCUT2D eigenvalue weighted by Crippen LogP contribution is 2.31. The molecule has 0 atom stereocenters. The summed E-state index contributed by atoms with van der Waals surface area (Å²) in [6.07, 6.45) is 8.10. The molecule has 0 aliphatic heterocycles. The fraction of sp³-hybridized carbons (Fsp3) is 0.647. The monoisotopic (exact) mass is 260 g/mol. The van der Waals surface area contributed by atoms with Gasteiger partial charge in [0.2, 0.25) is 0 Å². The number of nitrogens with one attached hydrogen (secondary N) is 1. The molecule has 1 saturated carbocycles. The molecule has 2 rings (SSSR count). The lowest BCUT2D eigenvalue weighted by Gasteiger charge is -2.38. The summed E-state index contributed by atoms with van der Waals surface area (Å²) in [7, 11) is 4.34. The van der Waals surface area contributed by atoms with Gasteiger partial charge in [0, 0.05) is 24.8 Å². The van der Waals surface area contributed by atoms with Crippen molar-refractivity contribution in [3.05, 3.63) is 29.8 Å². The maximum absolute atomic E-state index is 3.61. The Balaban J connectivity index is 1.91. The smallest absolute Gasteiger partial charge is 0.0363 e. The van der Waals surface area contributed by atoms with Crippen LogP contribution in [0, 0.1) is 6.92 Å². The van der Waals surface area contributed by atoms with Gasteiger partial charge in [-0.15, -0.1) is 0 Å². The Kier molecular flexibility index (Phi) is 4.87. The van der Waals surface area contributed by atoms with E-state index in [9.17, 15) is 0 Å². The van der Waals surface area contributed by atoms with Gasteiger partial charge in [0.05, 0.1) is 0 Å². The summed E-state index contributed by atoms with van der Waals surface area (Å²) in [4.78, 5) is 2.38. The summed E-state index contributed by atoms with van der Waals surface area (Å²) in [5.74, 6) is 0. The largest absolute Gasteiger partial charge is 0.375 e. The first-order valence-electron chi connectivity index (χ1n) is 7.62. The first-order chi connectivity index (χ1) is 9.15. The summed E-state index contributed by atoms with van der Waals surface area (Å²) >= 11 is 0. The van der Waals surface area contributed by atoms with Gasteiger partial charge in [-0.1, -0.05) is 37.0 Å². The average Bonchev–Trinajstić information content (AvgIpc) is 2.46. The fourth-order valence-electron chi connectivity index (χ4n) is 3.16. The zero-order valence-electron chi connectivity index (χ0n) is 12.7. The minimum absolute atomic E-state index is 0.386. The molecule has 1 aromatic rings. The van der Waals surface area contributed by atoms with E-state index in [1.807, 2.05) is 0 Å². The first kappa shape index (κ1) is 14.4. The highest BCUT2D eigenvalue weighted by Gasteiger charge is 2.29. The van der Waals surface area contributed by atoms with Crippen LogP contribution in [-0.4, -0.2) is 26.2 Å². The Bertz CT molecular complexity index is 377. The van der Waals surface area contributed by atoms with E-state index in [4.69, 9.17) is 0 Å². The molecule has 1 aliphatic carbocycles. The Morgan fingerprint density at radius 2 is 1.74 bits per heavy atom. The Labute approximate surface area is 118 Å². The standard InChI is InChI=1S/C17H28N2/c1-15-7-9-16(10-8-15)19(3)14-13-17(18-2)11-5-4-6-12-17/h7-10,18H,4-6,11-14H2,1-3H3. The van der Waals surface area contributed by atoms with Crippen molar-refractivity contribution in [2.75, 3.05) is 25.5 Å². The average molecular weight is 260 g/mol. The normalized spacial score (nSPS) is 18.3. The number of hydrogen-bond acceptors (Lipinski definition) is 2. The molecule has 0 spiro atoms. The van der Waals surface area contributed by atoms with Crippen LogP contribution in [-0.2, 0) is 0 Å². The Hall–Kier alpha value is -1.02. The molecule has 0 aromatic heterocycles. The molecule has 2 nitrogen and oxygen atoms in total. The summed E-state index contributed by atoms with van der Waals surface area (Å²) in [6, 6.07) is 8.84. The van der Waals surface area contributed by atoms with Crippen molar-refractivity contribution in [1.29, 1.82) is 0 Å². The van der Waals surface area contributed by atoms with E-state index in [0.717, 1.165) is 6.54 Å². The number of anilines is 1. The van der Waals surface area contributed by atoms with Crippen molar-refractivity contribution in [1.82, 2.24) is 5.32 Å². The SMILES string of the molecule is CNC1(CCN(C)c2ccc(C)cc2)CCCCC1. The van der Waals surface area contributed by atoms with Crippen LogP contribution < -0.4 is 10.2 Å². The number of nitrogens with zero attached hydrogens (tertiary/aromatic N) is 1. The molecule has 1 N–H and O–H groups in total. The van der Waals surface area contributed by atoms with Gasteiger partial charge in [0.1, 0.15) is 0 Å². The number of benzene rings is 1. The van der Waals surface area contributed by atoms with Gasteiger partial charge in [-0.3, -0.25) is 0 Å². The second-order valence-corrected chi connectivity index (χ2v) is 6.10. The molecule has 0 unspecified atom stereocenters. The van der Waals surface area contributed by atoms with Crippen molar-refractivity contribution < 1.29 is 0 Å². The molecule has 19 heavy (non-hydrogen) atoms. The molecular weight excluding hydrogens is 232 g/mol. The lowest BCUT2D eigenvalue weighted by Crippen LogP contribution is -2.46. The molecule has 0 radical (unpaired) electrons. The number of hydrogen-bond donors (Lipinski definition) is 1. The first-order valence-corrected chi connectivity index (χ1v) is 7.62. The van der Waals surface area contributed by atoms with E-state index in [-0.39, 0.29) is 0 Å². The van der Waals surface area contributed by atoms with Crippen molar-refractivity contribution in [2.45, 2.75) is 51.0 Å². The van der Waals surface area contributed by atoms with Crippen LogP contribution in [0.15, 0.2) is 24.3 Å². The number of aryl methyl sites for hydroxylation is 1. The van der Waals surface area contributed by atoms with Crippen molar-refractivity contribution in [3.63, 3.8) is 0 Å². The lowest BCUT2D eigenvalue weighted by molar-refractivity contribution is 0.233. The maximum atomic E-state index is 3.61. The molecule has 1 aliphatic rings. The van der Waals surface area contributed by atoms with E-state index in [2.05, 4.69) is 55.5 Å². The topological polar surface area (TPSA) is 15.3 Å². The molecule has 0 heterocycles. The van der Waals surface area contributed by atoms with Crippen LogP contribution in [0.1, 0.15) is 44.1 Å². The van der Waals surface area contributed by atoms with E-state index < -0.39 is 0 Å². The Morgan fingerprint density at radius 3 is 2.32 bits per heavy atom. The second kappa shape index (κ2) is 6.42. The molecule has 106 valence electrons. The van der Waals surface area contributed by atoms with Gasteiger partial charge in [-0.2, -0.15) is 0 Å². The van der Waals surface area contributed by atoms with Crippen LogP contribution in [0.2, 0.25) is 0 Å². The van der Waals surface area contributed by atoms with Gasteiger partial charge in [-0.05, 0) is 45.4 Å². The molecule has 0 saturated heterocycles. The summed E-state index contributed by atoms with van der Waals surface area (Å²) in [5, 5.41) is 3.61. The molecule has 2 heteroatoms. The lowest BCUT2D eigenvalue weighted by atomic mass is 9.79. The third kappa shape index (κ3) is 3.73. The van der Waals surface area contributed by atoms with Crippen LogP contribution in [0.5, 0.6) is 0 Å². The highest BCUT2D eigenvalue weighted by atomic mass is 15.1. The third-order valence-corrected chi connectivity index (χ3v) is 4.74. The number of rotatable bonds is 5. The fourth-order valence-corrected chi connectivity index (χ4v) is 3.16. The molecule has 1 aromatic carbocycles. The molecule has 1 fully saturated rings. The van der Waals surface area contributed by atoms with E-state index in [1.54, 1.807) is 0 Å². The van der Waals surface area contributed by atoms with Gasteiger partial charge in [0.25, 0.3) is 0 Å². The summed E-state index contributed by atoms with van der Waals surface area (Å²) < 4.78 is 0. The van der Waals surface area contributed by atoms with E-state index >= 15 is 0 Å². The zero-order chi connectivity index (χ0) is 13.7. The molecular formula is C17H28N2. The highest BCUT2D eigenvalue weighted by molar-refractivity contribution is 5.46. The van der Waals surface area contributed by atoms with E-state index in [1.165, 1.54) is 49.8 Å². The summed E-state index contributed by atoms with van der Waals surface area (Å²) in [5.41, 5.74) is 3.04.